The Morgan fingerprint density at radius 2 is 1.91 bits per heavy atom. The largest absolute Gasteiger partial charge is 0.504 e. The van der Waals surface area contributed by atoms with E-state index in [1.807, 2.05) is 0 Å². The predicted octanol–water partition coefficient (Wildman–Crippen LogP) is 0.818. The summed E-state index contributed by atoms with van der Waals surface area (Å²) in [4.78, 5) is 8.10. The van der Waals surface area contributed by atoms with Gasteiger partial charge in [0.15, 0.2) is 27.2 Å². The minimum absolute atomic E-state index is 0.102. The molecule has 0 aliphatic carbocycles. The van der Waals surface area contributed by atoms with Crippen molar-refractivity contribution in [3.05, 3.63) is 42.0 Å². The number of benzene rings is 1. The second-order valence-electron chi connectivity index (χ2n) is 4.75. The number of sulfone groups is 1. The van der Waals surface area contributed by atoms with Crippen molar-refractivity contribution < 1.29 is 18.6 Å². The summed E-state index contributed by atoms with van der Waals surface area (Å²) in [5, 5.41) is 22.7. The van der Waals surface area contributed by atoms with E-state index in [0.717, 1.165) is 17.8 Å². The lowest BCUT2D eigenvalue weighted by Crippen LogP contribution is -2.06. The molecule has 0 aliphatic heterocycles. The van der Waals surface area contributed by atoms with E-state index < -0.39 is 21.3 Å². The summed E-state index contributed by atoms with van der Waals surface area (Å²) >= 11 is 0. The number of hydrogen-bond donors (Lipinski definition) is 2. The molecule has 2 aromatic heterocycles. The molecule has 9 heteroatoms. The van der Waals surface area contributed by atoms with Crippen LogP contribution in [0, 0.1) is 6.92 Å². The van der Waals surface area contributed by atoms with Crippen molar-refractivity contribution in [2.75, 3.05) is 0 Å². The fourth-order valence-corrected chi connectivity index (χ4v) is 3.11. The zero-order valence-electron chi connectivity index (χ0n) is 11.5. The molecular formula is C13H12N4O4S. The van der Waals surface area contributed by atoms with Crippen LogP contribution in [0.2, 0.25) is 0 Å². The van der Waals surface area contributed by atoms with Crippen LogP contribution in [0.1, 0.15) is 11.5 Å². The van der Waals surface area contributed by atoms with Gasteiger partial charge in [0.25, 0.3) is 5.78 Å². The molecule has 3 aromatic rings. The first-order valence-corrected chi connectivity index (χ1v) is 7.94. The number of aryl methyl sites for hydroxylation is 1. The van der Waals surface area contributed by atoms with Gasteiger partial charge in [-0.2, -0.15) is 4.98 Å². The summed E-state index contributed by atoms with van der Waals surface area (Å²) in [6.45, 7) is 1.80. The predicted molar refractivity (Wildman–Crippen MR) is 76.2 cm³/mol. The van der Waals surface area contributed by atoms with Gasteiger partial charge in [0.1, 0.15) is 5.75 Å². The molecule has 1 aromatic carbocycles. The fourth-order valence-electron chi connectivity index (χ4n) is 1.92. The molecular weight excluding hydrogens is 308 g/mol. The van der Waals surface area contributed by atoms with Gasteiger partial charge in [-0.25, -0.2) is 17.9 Å². The van der Waals surface area contributed by atoms with Crippen LogP contribution in [0.3, 0.4) is 0 Å². The van der Waals surface area contributed by atoms with Crippen LogP contribution >= 0.6 is 0 Å². The van der Waals surface area contributed by atoms with Gasteiger partial charge >= 0.3 is 0 Å². The quantitative estimate of drug-likeness (QED) is 0.686. The molecule has 0 radical (unpaired) electrons. The van der Waals surface area contributed by atoms with E-state index >= 15 is 0 Å². The van der Waals surface area contributed by atoms with Crippen LogP contribution in [0.15, 0.2) is 35.4 Å². The highest BCUT2D eigenvalue weighted by atomic mass is 32.2. The number of phenols is 2. The summed E-state index contributed by atoms with van der Waals surface area (Å²) < 4.78 is 26.0. The summed E-state index contributed by atoms with van der Waals surface area (Å²) in [5.41, 5.74) is 0.748. The normalized spacial score (nSPS) is 11.9. The lowest BCUT2D eigenvalue weighted by atomic mass is 10.3. The Kier molecular flexibility index (Phi) is 3.21. The van der Waals surface area contributed by atoms with Crippen molar-refractivity contribution in [2.24, 2.45) is 0 Å². The highest BCUT2D eigenvalue weighted by Crippen LogP contribution is 2.28. The molecule has 8 nitrogen and oxygen atoms in total. The van der Waals surface area contributed by atoms with Gasteiger partial charge in [-0.1, -0.05) is 0 Å². The van der Waals surface area contributed by atoms with Gasteiger partial charge in [-0.3, -0.25) is 0 Å². The number of aromatic nitrogens is 4. The SMILES string of the molecule is Cc1ccn2nc(CS(=O)(=O)c3ccc(O)c(O)c3)nc2n1. The van der Waals surface area contributed by atoms with E-state index in [0.29, 0.717) is 5.78 Å². The average Bonchev–Trinajstić information content (AvgIpc) is 2.82. The molecule has 0 bridgehead atoms. The first-order valence-electron chi connectivity index (χ1n) is 6.29. The van der Waals surface area contributed by atoms with Crippen LogP contribution in [-0.4, -0.2) is 38.2 Å². The van der Waals surface area contributed by atoms with Crippen LogP contribution < -0.4 is 0 Å². The molecule has 2 N–H and O–H groups in total. The lowest BCUT2D eigenvalue weighted by molar-refractivity contribution is 0.402. The van der Waals surface area contributed by atoms with Crippen molar-refractivity contribution in [1.82, 2.24) is 19.6 Å². The first-order chi connectivity index (χ1) is 10.3. The monoisotopic (exact) mass is 320 g/mol. The first kappa shape index (κ1) is 14.3. The van der Waals surface area contributed by atoms with Crippen LogP contribution in [-0.2, 0) is 15.6 Å². The second-order valence-corrected chi connectivity index (χ2v) is 6.74. The van der Waals surface area contributed by atoms with Gasteiger partial charge in [0, 0.05) is 18.0 Å². The maximum Gasteiger partial charge on any atom is 0.252 e. The number of phenolic OH excluding ortho intramolecular Hbond substituents is 2. The molecule has 0 saturated carbocycles. The van der Waals surface area contributed by atoms with E-state index in [4.69, 9.17) is 0 Å². The molecule has 2 heterocycles. The third-order valence-corrected chi connectivity index (χ3v) is 4.63. The Labute approximate surface area is 125 Å². The summed E-state index contributed by atoms with van der Waals surface area (Å²) in [6.07, 6.45) is 1.65. The van der Waals surface area contributed by atoms with Crippen molar-refractivity contribution in [3.8, 4) is 11.5 Å². The van der Waals surface area contributed by atoms with E-state index in [-0.39, 0.29) is 16.5 Å². The maximum atomic E-state index is 12.3. The summed E-state index contributed by atoms with van der Waals surface area (Å²) in [6, 6.07) is 5.05. The minimum Gasteiger partial charge on any atom is -0.504 e. The number of aromatic hydroxyl groups is 2. The van der Waals surface area contributed by atoms with E-state index in [1.54, 1.807) is 19.2 Å². The number of nitrogens with zero attached hydrogens (tertiary/aromatic N) is 4. The molecule has 0 amide bonds. The van der Waals surface area contributed by atoms with E-state index in [9.17, 15) is 18.6 Å². The summed E-state index contributed by atoms with van der Waals surface area (Å²) in [5.74, 6) is -0.894. The number of rotatable bonds is 3. The molecule has 0 spiro atoms. The van der Waals surface area contributed by atoms with Gasteiger partial charge in [0.2, 0.25) is 0 Å². The molecule has 114 valence electrons. The standard InChI is InChI=1S/C13H12N4O4S/c1-8-4-5-17-13(14-8)15-12(16-17)7-22(20,21)9-2-3-10(18)11(19)6-9/h2-6,18-19H,7H2,1H3. The Hall–Kier alpha value is -2.68. The van der Waals surface area contributed by atoms with Crippen LogP contribution in [0.4, 0.5) is 0 Å². The van der Waals surface area contributed by atoms with Crippen LogP contribution in [0.5, 0.6) is 11.5 Å². The summed E-state index contributed by atoms with van der Waals surface area (Å²) in [7, 11) is -3.75. The minimum atomic E-state index is -3.75. The fraction of sp³-hybridized carbons (Fsp3) is 0.154. The lowest BCUT2D eigenvalue weighted by Gasteiger charge is -2.03. The Morgan fingerprint density at radius 3 is 2.64 bits per heavy atom. The van der Waals surface area contributed by atoms with E-state index in [2.05, 4.69) is 15.1 Å². The third-order valence-electron chi connectivity index (χ3n) is 3.02. The molecule has 0 saturated heterocycles. The maximum absolute atomic E-state index is 12.3. The van der Waals surface area contributed by atoms with Gasteiger partial charge in [-0.15, -0.1) is 5.10 Å². The zero-order valence-corrected chi connectivity index (χ0v) is 12.3. The molecule has 0 fully saturated rings. The molecule has 3 rings (SSSR count). The molecule has 0 atom stereocenters. The zero-order chi connectivity index (χ0) is 15.9. The van der Waals surface area contributed by atoms with Crippen LogP contribution in [0.25, 0.3) is 5.78 Å². The van der Waals surface area contributed by atoms with Crippen molar-refractivity contribution in [2.45, 2.75) is 17.6 Å². The highest BCUT2D eigenvalue weighted by Gasteiger charge is 2.20. The van der Waals surface area contributed by atoms with Gasteiger partial charge < -0.3 is 10.2 Å². The van der Waals surface area contributed by atoms with Crippen molar-refractivity contribution in [3.63, 3.8) is 0 Å². The molecule has 0 unspecified atom stereocenters. The Bertz CT molecular complexity index is 965. The molecule has 22 heavy (non-hydrogen) atoms. The van der Waals surface area contributed by atoms with Gasteiger partial charge in [-0.05, 0) is 25.1 Å². The van der Waals surface area contributed by atoms with Crippen molar-refractivity contribution >= 4 is 15.6 Å². The topological polar surface area (TPSA) is 118 Å². The second kappa shape index (κ2) is 4.95. The molecule has 0 aliphatic rings. The third kappa shape index (κ3) is 2.58. The van der Waals surface area contributed by atoms with Gasteiger partial charge in [0.05, 0.1) is 4.90 Å². The smallest absolute Gasteiger partial charge is 0.252 e. The highest BCUT2D eigenvalue weighted by molar-refractivity contribution is 7.90. The average molecular weight is 320 g/mol. The Morgan fingerprint density at radius 1 is 1.14 bits per heavy atom. The number of hydrogen-bond acceptors (Lipinski definition) is 7. The Balaban J connectivity index is 1.96. The van der Waals surface area contributed by atoms with E-state index in [1.165, 1.54) is 10.6 Å². The number of fused-ring (bicyclic) bond motifs is 1. The van der Waals surface area contributed by atoms with Crippen molar-refractivity contribution in [1.29, 1.82) is 0 Å².